The lowest BCUT2D eigenvalue weighted by Crippen LogP contribution is -1.97. The predicted octanol–water partition coefficient (Wildman–Crippen LogP) is 11.9. The molecule has 10 aromatic rings. The minimum atomic E-state index is 0.872. The number of fused-ring (bicyclic) bond motifs is 8. The number of imidazole rings is 1. The number of aryl methyl sites for hydroxylation is 1. The molecule has 0 aliphatic heterocycles. The highest BCUT2D eigenvalue weighted by Gasteiger charge is 2.19. The number of hydrogen-bond donors (Lipinski definition) is 0. The van der Waals surface area contributed by atoms with Crippen molar-refractivity contribution < 1.29 is 0 Å². The molecule has 0 aliphatic carbocycles. The van der Waals surface area contributed by atoms with Crippen molar-refractivity contribution >= 4 is 54.5 Å². The molecule has 0 amide bonds. The molecule has 0 spiro atoms. The molecule has 0 radical (unpaired) electrons. The van der Waals surface area contributed by atoms with E-state index in [1.54, 1.807) is 0 Å². The zero-order chi connectivity index (χ0) is 33.2. The minimum absolute atomic E-state index is 0.872. The molecule has 4 nitrogen and oxygen atoms in total. The fraction of sp³-hybridized carbons (Fsp3) is 0.0435. The highest BCUT2D eigenvalue weighted by Crippen LogP contribution is 2.42. The topological polar surface area (TPSA) is 35.6 Å². The van der Waals surface area contributed by atoms with Gasteiger partial charge in [0, 0.05) is 50.3 Å². The van der Waals surface area contributed by atoms with Crippen molar-refractivity contribution in [3.05, 3.63) is 164 Å². The molecule has 0 saturated heterocycles. The summed E-state index contributed by atoms with van der Waals surface area (Å²) in [5.74, 6) is 1.01. The Kier molecular flexibility index (Phi) is 6.43. The number of pyridine rings is 1. The smallest absolute Gasteiger partial charge is 0.141 e. The Labute approximate surface area is 289 Å². The maximum Gasteiger partial charge on any atom is 0.141 e. The van der Waals surface area contributed by atoms with Gasteiger partial charge in [-0.2, -0.15) is 0 Å². The van der Waals surface area contributed by atoms with E-state index in [0.717, 1.165) is 51.3 Å². The van der Waals surface area contributed by atoms with Gasteiger partial charge in [0.2, 0.25) is 0 Å². The van der Waals surface area contributed by atoms with Crippen molar-refractivity contribution in [2.75, 3.05) is 0 Å². The Morgan fingerprint density at radius 2 is 1.02 bits per heavy atom. The van der Waals surface area contributed by atoms with E-state index >= 15 is 0 Å². The van der Waals surface area contributed by atoms with E-state index in [-0.39, 0.29) is 0 Å². The molecule has 0 fully saturated rings. The molecule has 10 rings (SSSR count). The average Bonchev–Trinajstić information content (AvgIpc) is 3.74. The Morgan fingerprint density at radius 3 is 1.76 bits per heavy atom. The van der Waals surface area contributed by atoms with Gasteiger partial charge in [-0.05, 0) is 60.5 Å². The molecular formula is C46H32N4. The Morgan fingerprint density at radius 1 is 0.420 bits per heavy atom. The molecule has 0 unspecified atom stereocenters. The second kappa shape index (κ2) is 11.3. The van der Waals surface area contributed by atoms with Gasteiger partial charge in [-0.25, -0.2) is 9.97 Å². The third-order valence-corrected chi connectivity index (χ3v) is 10.1. The highest BCUT2D eigenvalue weighted by molar-refractivity contribution is 6.29. The molecule has 236 valence electrons. The quantitative estimate of drug-likeness (QED) is 0.176. The van der Waals surface area contributed by atoms with E-state index in [1.165, 1.54) is 49.2 Å². The predicted molar refractivity (Wildman–Crippen MR) is 209 cm³/mol. The standard InChI is InChI=1S/C46H32N4/c1-2-49-41-19-11-9-17-39(41)48-46(49)33-26-22-31(23-27-33)30-20-24-32(25-21-30)45-37-28-29-42-44(43(37)35-14-6-8-16-38(35)47-45)36-15-7-10-18-40(36)50(42)34-12-4-3-5-13-34/h3-29H,2H2,1H3. The maximum absolute atomic E-state index is 5.29. The molecule has 0 N–H and O–H groups in total. The lowest BCUT2D eigenvalue weighted by molar-refractivity contribution is 0.796. The van der Waals surface area contributed by atoms with Crippen LogP contribution >= 0.6 is 0 Å². The van der Waals surface area contributed by atoms with Crippen LogP contribution in [-0.2, 0) is 6.54 Å². The first-order valence-corrected chi connectivity index (χ1v) is 17.2. The maximum atomic E-state index is 5.29. The fourth-order valence-corrected chi connectivity index (χ4v) is 7.82. The SMILES string of the molecule is CCn1c(-c2ccc(-c3ccc(-c4nc5ccccc5c5c4ccc4c5c5ccccc5n4-c4ccccc4)cc3)cc2)nc2ccccc21. The molecule has 50 heavy (non-hydrogen) atoms. The van der Waals surface area contributed by atoms with Gasteiger partial charge in [-0.3, -0.25) is 0 Å². The van der Waals surface area contributed by atoms with E-state index in [9.17, 15) is 0 Å². The normalized spacial score (nSPS) is 11.8. The van der Waals surface area contributed by atoms with Crippen molar-refractivity contribution in [3.63, 3.8) is 0 Å². The van der Waals surface area contributed by atoms with Crippen molar-refractivity contribution in [2.24, 2.45) is 0 Å². The molecule has 3 heterocycles. The summed E-state index contributed by atoms with van der Waals surface area (Å²) in [4.78, 5) is 10.2. The van der Waals surface area contributed by atoms with E-state index in [1.807, 2.05) is 6.07 Å². The molecule has 0 bridgehead atoms. The van der Waals surface area contributed by atoms with Crippen LogP contribution in [0.3, 0.4) is 0 Å². The summed E-state index contributed by atoms with van der Waals surface area (Å²) in [7, 11) is 0. The molecule has 7 aromatic carbocycles. The molecule has 0 atom stereocenters. The third kappa shape index (κ3) is 4.32. The van der Waals surface area contributed by atoms with Crippen LogP contribution in [0.1, 0.15) is 6.92 Å². The Bertz CT molecular complexity index is 2880. The van der Waals surface area contributed by atoms with Crippen LogP contribution in [0.4, 0.5) is 0 Å². The largest absolute Gasteiger partial charge is 0.324 e. The van der Waals surface area contributed by atoms with Gasteiger partial charge in [0.25, 0.3) is 0 Å². The molecular weight excluding hydrogens is 609 g/mol. The third-order valence-electron chi connectivity index (χ3n) is 10.1. The lowest BCUT2D eigenvalue weighted by Gasteiger charge is -2.13. The Balaban J connectivity index is 1.10. The first-order valence-electron chi connectivity index (χ1n) is 17.2. The van der Waals surface area contributed by atoms with Crippen LogP contribution < -0.4 is 0 Å². The van der Waals surface area contributed by atoms with Gasteiger partial charge in [-0.1, -0.05) is 121 Å². The first-order chi connectivity index (χ1) is 24.8. The van der Waals surface area contributed by atoms with Gasteiger partial charge in [0.1, 0.15) is 5.82 Å². The summed E-state index contributed by atoms with van der Waals surface area (Å²) in [6, 6.07) is 58.5. The van der Waals surface area contributed by atoms with E-state index in [4.69, 9.17) is 9.97 Å². The number of benzene rings is 7. The number of nitrogens with zero attached hydrogens (tertiary/aromatic N) is 4. The average molecular weight is 641 g/mol. The minimum Gasteiger partial charge on any atom is -0.324 e. The number of rotatable bonds is 5. The summed E-state index contributed by atoms with van der Waals surface area (Å²) < 4.78 is 4.67. The molecule has 3 aromatic heterocycles. The van der Waals surface area contributed by atoms with Crippen molar-refractivity contribution in [1.29, 1.82) is 0 Å². The summed E-state index contributed by atoms with van der Waals surface area (Å²) in [5.41, 5.74) is 12.3. The van der Waals surface area contributed by atoms with Gasteiger partial charge in [-0.15, -0.1) is 0 Å². The number of aromatic nitrogens is 4. The van der Waals surface area contributed by atoms with E-state index < -0.39 is 0 Å². The lowest BCUT2D eigenvalue weighted by atomic mass is 9.95. The zero-order valence-electron chi connectivity index (χ0n) is 27.6. The first kappa shape index (κ1) is 28.5. The van der Waals surface area contributed by atoms with Gasteiger partial charge in [0.15, 0.2) is 0 Å². The summed E-state index contributed by atoms with van der Waals surface area (Å²) >= 11 is 0. The van der Waals surface area contributed by atoms with Gasteiger partial charge in [0.05, 0.1) is 33.3 Å². The van der Waals surface area contributed by atoms with Crippen LogP contribution in [0, 0.1) is 0 Å². The molecule has 0 saturated carbocycles. The van der Waals surface area contributed by atoms with Crippen LogP contribution in [0.15, 0.2) is 164 Å². The highest BCUT2D eigenvalue weighted by atomic mass is 15.1. The van der Waals surface area contributed by atoms with Crippen LogP contribution in [0.25, 0.3) is 94.0 Å². The number of para-hydroxylation sites is 5. The van der Waals surface area contributed by atoms with Crippen molar-refractivity contribution in [1.82, 2.24) is 19.1 Å². The van der Waals surface area contributed by atoms with E-state index in [0.29, 0.717) is 0 Å². The zero-order valence-corrected chi connectivity index (χ0v) is 27.6. The second-order valence-corrected chi connectivity index (χ2v) is 12.9. The summed E-state index contributed by atoms with van der Waals surface area (Å²) in [5, 5.41) is 6.07. The molecule has 4 heteroatoms. The van der Waals surface area contributed by atoms with Crippen molar-refractivity contribution in [3.8, 4) is 39.5 Å². The van der Waals surface area contributed by atoms with Crippen LogP contribution in [0.5, 0.6) is 0 Å². The Hall–Kier alpha value is -6.52. The van der Waals surface area contributed by atoms with E-state index in [2.05, 4.69) is 174 Å². The van der Waals surface area contributed by atoms with Gasteiger partial charge < -0.3 is 9.13 Å². The molecule has 0 aliphatic rings. The monoisotopic (exact) mass is 640 g/mol. The number of hydrogen-bond acceptors (Lipinski definition) is 2. The second-order valence-electron chi connectivity index (χ2n) is 12.9. The van der Waals surface area contributed by atoms with Gasteiger partial charge >= 0.3 is 0 Å². The summed E-state index contributed by atoms with van der Waals surface area (Å²) in [6.07, 6.45) is 0. The van der Waals surface area contributed by atoms with Crippen LogP contribution in [-0.4, -0.2) is 19.1 Å². The fourth-order valence-electron chi connectivity index (χ4n) is 7.82. The van der Waals surface area contributed by atoms with Crippen LogP contribution in [0.2, 0.25) is 0 Å². The van der Waals surface area contributed by atoms with Crippen molar-refractivity contribution in [2.45, 2.75) is 13.5 Å². The summed E-state index contributed by atoms with van der Waals surface area (Å²) in [6.45, 7) is 3.05.